The first-order valence-corrected chi connectivity index (χ1v) is 10.8. The Morgan fingerprint density at radius 2 is 1.82 bits per heavy atom. The predicted octanol–water partition coefficient (Wildman–Crippen LogP) is 3.84. The molecule has 5 nitrogen and oxygen atoms in total. The van der Waals surface area contributed by atoms with E-state index in [0.717, 1.165) is 43.4 Å². The highest BCUT2D eigenvalue weighted by atomic mass is 32.2. The van der Waals surface area contributed by atoms with Crippen molar-refractivity contribution < 1.29 is 22.0 Å². The van der Waals surface area contributed by atoms with Crippen LogP contribution in [0.25, 0.3) is 0 Å². The second-order valence-electron chi connectivity index (χ2n) is 7.24. The van der Waals surface area contributed by atoms with Gasteiger partial charge in [-0.1, -0.05) is 18.9 Å². The lowest BCUT2D eigenvalue weighted by Crippen LogP contribution is -2.33. The van der Waals surface area contributed by atoms with Crippen molar-refractivity contribution in [2.45, 2.75) is 37.0 Å². The number of rotatable bonds is 4. The normalized spacial score (nSPS) is 17.0. The summed E-state index contributed by atoms with van der Waals surface area (Å²) in [5.74, 6) is -1.78. The highest BCUT2D eigenvalue weighted by molar-refractivity contribution is 7.92. The van der Waals surface area contributed by atoms with Crippen LogP contribution in [0.3, 0.4) is 0 Å². The lowest BCUT2D eigenvalue weighted by Gasteiger charge is -2.22. The van der Waals surface area contributed by atoms with Crippen LogP contribution in [0.4, 0.5) is 20.2 Å². The Morgan fingerprint density at radius 3 is 2.57 bits per heavy atom. The van der Waals surface area contributed by atoms with E-state index in [9.17, 15) is 22.0 Å². The van der Waals surface area contributed by atoms with E-state index in [0.29, 0.717) is 24.7 Å². The molecule has 1 heterocycles. The van der Waals surface area contributed by atoms with Crippen LogP contribution < -0.4 is 9.62 Å². The molecule has 1 aliphatic carbocycles. The van der Waals surface area contributed by atoms with Gasteiger partial charge in [-0.15, -0.1) is 0 Å². The first kappa shape index (κ1) is 18.9. The maximum absolute atomic E-state index is 13.9. The molecule has 1 aliphatic heterocycles. The number of carbonyl (C=O) groups is 1. The average Bonchev–Trinajstić information content (AvgIpc) is 3.32. The molecule has 2 aliphatic rings. The minimum atomic E-state index is -4.31. The van der Waals surface area contributed by atoms with Crippen LogP contribution in [0.2, 0.25) is 0 Å². The van der Waals surface area contributed by atoms with Gasteiger partial charge in [-0.2, -0.15) is 0 Å². The molecule has 1 saturated carbocycles. The molecule has 1 N–H and O–H groups in total. The molecule has 0 aromatic heterocycles. The van der Waals surface area contributed by atoms with Crippen molar-refractivity contribution >= 4 is 27.3 Å². The number of amides is 1. The molecule has 1 amide bonds. The number of fused-ring (bicyclic) bond motifs is 1. The smallest absolute Gasteiger partial charge is 0.264 e. The summed E-state index contributed by atoms with van der Waals surface area (Å²) in [7, 11) is -4.31. The zero-order valence-electron chi connectivity index (χ0n) is 15.1. The van der Waals surface area contributed by atoms with Gasteiger partial charge in [0, 0.05) is 18.2 Å². The Balaban J connectivity index is 1.61. The fourth-order valence-electron chi connectivity index (χ4n) is 3.96. The minimum Gasteiger partial charge on any atom is -0.312 e. The van der Waals surface area contributed by atoms with Crippen LogP contribution in [0.5, 0.6) is 0 Å². The Labute approximate surface area is 162 Å². The third kappa shape index (κ3) is 3.48. The summed E-state index contributed by atoms with van der Waals surface area (Å²) >= 11 is 0. The van der Waals surface area contributed by atoms with Crippen molar-refractivity contribution in [1.82, 2.24) is 0 Å². The van der Waals surface area contributed by atoms with Crippen LogP contribution in [-0.2, 0) is 21.2 Å². The van der Waals surface area contributed by atoms with Gasteiger partial charge >= 0.3 is 0 Å². The number of carbonyl (C=O) groups excluding carboxylic acids is 1. The topological polar surface area (TPSA) is 66.5 Å². The molecule has 0 spiro atoms. The molecule has 0 atom stereocenters. The van der Waals surface area contributed by atoms with E-state index in [1.54, 1.807) is 23.1 Å². The van der Waals surface area contributed by atoms with Gasteiger partial charge in [0.25, 0.3) is 10.0 Å². The van der Waals surface area contributed by atoms with Gasteiger partial charge in [0.05, 0.1) is 5.69 Å². The summed E-state index contributed by atoms with van der Waals surface area (Å²) in [6.45, 7) is 0.569. The van der Waals surface area contributed by atoms with Crippen LogP contribution in [-0.4, -0.2) is 20.9 Å². The molecule has 0 radical (unpaired) electrons. The third-order valence-electron chi connectivity index (χ3n) is 5.39. The lowest BCUT2D eigenvalue weighted by molar-refractivity contribution is -0.122. The van der Waals surface area contributed by atoms with Crippen LogP contribution in [0.15, 0.2) is 41.3 Å². The molecule has 0 unspecified atom stereocenters. The maximum Gasteiger partial charge on any atom is 0.264 e. The van der Waals surface area contributed by atoms with Crippen LogP contribution >= 0.6 is 0 Å². The third-order valence-corrected chi connectivity index (χ3v) is 6.78. The number of hydrogen-bond donors (Lipinski definition) is 1. The monoisotopic (exact) mass is 406 g/mol. The van der Waals surface area contributed by atoms with E-state index in [-0.39, 0.29) is 17.5 Å². The van der Waals surface area contributed by atoms with Crippen molar-refractivity contribution in [3.05, 3.63) is 53.6 Å². The number of nitrogens with one attached hydrogen (secondary N) is 1. The Bertz CT molecular complexity index is 1030. The summed E-state index contributed by atoms with van der Waals surface area (Å²) in [4.78, 5) is 13.8. The molecule has 2 aromatic rings. The first-order valence-electron chi connectivity index (χ1n) is 9.27. The van der Waals surface area contributed by atoms with Crippen molar-refractivity contribution in [2.75, 3.05) is 16.2 Å². The van der Waals surface area contributed by atoms with E-state index in [1.165, 1.54) is 0 Å². The van der Waals surface area contributed by atoms with Crippen molar-refractivity contribution in [3.8, 4) is 0 Å². The first-order chi connectivity index (χ1) is 13.3. The Morgan fingerprint density at radius 1 is 1.07 bits per heavy atom. The Hall–Kier alpha value is -2.48. The van der Waals surface area contributed by atoms with Gasteiger partial charge in [0.1, 0.15) is 16.5 Å². The summed E-state index contributed by atoms with van der Waals surface area (Å²) < 4.78 is 54.6. The number of benzene rings is 2. The standard InChI is InChI=1S/C20H20F2N2O3S/c21-15-6-8-17(22)19(11-15)28(26,27)23-16-7-5-13-9-10-24(18(13)12-16)20(25)14-3-1-2-4-14/h5-8,11-12,14,23H,1-4,9-10H2. The van der Waals surface area contributed by atoms with E-state index in [2.05, 4.69) is 4.72 Å². The molecule has 28 heavy (non-hydrogen) atoms. The number of halogens is 2. The molecule has 8 heteroatoms. The van der Waals surface area contributed by atoms with E-state index in [4.69, 9.17) is 0 Å². The highest BCUT2D eigenvalue weighted by Crippen LogP contribution is 2.35. The Kier molecular flexibility index (Phi) is 4.82. The van der Waals surface area contributed by atoms with Gasteiger partial charge < -0.3 is 4.90 Å². The van der Waals surface area contributed by atoms with E-state index >= 15 is 0 Å². The summed E-state index contributed by atoms with van der Waals surface area (Å²) in [5.41, 5.74) is 1.84. The number of anilines is 2. The SMILES string of the molecule is O=C(C1CCCC1)N1CCc2ccc(NS(=O)(=O)c3cc(F)ccc3F)cc21. The largest absolute Gasteiger partial charge is 0.312 e. The van der Waals surface area contributed by atoms with Crippen LogP contribution in [0, 0.1) is 17.6 Å². The molecule has 148 valence electrons. The van der Waals surface area contributed by atoms with E-state index in [1.807, 2.05) is 0 Å². The molecular formula is C20H20F2N2O3S. The molecule has 0 saturated heterocycles. The zero-order chi connectivity index (χ0) is 19.9. The fourth-order valence-corrected chi connectivity index (χ4v) is 5.10. The van der Waals surface area contributed by atoms with Crippen molar-refractivity contribution in [1.29, 1.82) is 0 Å². The predicted molar refractivity (Wildman–Crippen MR) is 102 cm³/mol. The lowest BCUT2D eigenvalue weighted by atomic mass is 10.1. The van der Waals surface area contributed by atoms with Gasteiger partial charge in [0.2, 0.25) is 5.91 Å². The van der Waals surface area contributed by atoms with E-state index < -0.39 is 26.6 Å². The molecule has 1 fully saturated rings. The molecule has 2 aromatic carbocycles. The molecular weight excluding hydrogens is 386 g/mol. The summed E-state index contributed by atoms with van der Waals surface area (Å²) in [6, 6.07) is 7.18. The fraction of sp³-hybridized carbons (Fsp3) is 0.350. The zero-order valence-corrected chi connectivity index (χ0v) is 15.9. The quantitative estimate of drug-likeness (QED) is 0.839. The van der Waals surface area contributed by atoms with Crippen molar-refractivity contribution in [2.24, 2.45) is 5.92 Å². The second-order valence-corrected chi connectivity index (χ2v) is 8.90. The van der Waals surface area contributed by atoms with Crippen LogP contribution in [0.1, 0.15) is 31.2 Å². The van der Waals surface area contributed by atoms with Gasteiger partial charge in [-0.05, 0) is 55.2 Å². The highest BCUT2D eigenvalue weighted by Gasteiger charge is 2.32. The number of hydrogen-bond acceptors (Lipinski definition) is 3. The van der Waals surface area contributed by atoms with Crippen molar-refractivity contribution in [3.63, 3.8) is 0 Å². The minimum absolute atomic E-state index is 0.0210. The van der Waals surface area contributed by atoms with Gasteiger partial charge in [0.15, 0.2) is 0 Å². The summed E-state index contributed by atoms with van der Waals surface area (Å²) in [5, 5.41) is 0. The average molecular weight is 406 g/mol. The van der Waals surface area contributed by atoms with Gasteiger partial charge in [-0.25, -0.2) is 17.2 Å². The number of nitrogens with zero attached hydrogens (tertiary/aromatic N) is 1. The maximum atomic E-state index is 13.9. The molecule has 0 bridgehead atoms. The second kappa shape index (κ2) is 7.16. The number of sulfonamides is 1. The molecule has 4 rings (SSSR count). The summed E-state index contributed by atoms with van der Waals surface area (Å²) in [6.07, 6.45) is 4.58. The van der Waals surface area contributed by atoms with Gasteiger partial charge in [-0.3, -0.25) is 9.52 Å².